The lowest BCUT2D eigenvalue weighted by Crippen LogP contribution is -2.39. The summed E-state index contributed by atoms with van der Waals surface area (Å²) in [5.74, 6) is 0.545. The molecule has 16 heavy (non-hydrogen) atoms. The van der Waals surface area contributed by atoms with E-state index in [0.717, 1.165) is 16.6 Å². The number of sulfone groups is 1. The van der Waals surface area contributed by atoms with Gasteiger partial charge in [-0.15, -0.1) is 0 Å². The van der Waals surface area contributed by atoms with E-state index < -0.39 is 9.84 Å². The van der Waals surface area contributed by atoms with Gasteiger partial charge in [0.2, 0.25) is 0 Å². The van der Waals surface area contributed by atoms with Crippen LogP contribution in [-0.4, -0.2) is 42.9 Å². The van der Waals surface area contributed by atoms with Gasteiger partial charge >= 0.3 is 0 Å². The van der Waals surface area contributed by atoms with E-state index in [-0.39, 0.29) is 11.5 Å². The second kappa shape index (κ2) is 4.81. The van der Waals surface area contributed by atoms with E-state index in [0.29, 0.717) is 13.1 Å². The topological polar surface area (TPSA) is 50.3 Å². The molecule has 0 atom stereocenters. The molecule has 1 aliphatic rings. The van der Waals surface area contributed by atoms with Crippen LogP contribution in [0.5, 0.6) is 0 Å². The monoisotopic (exact) mass is 304 g/mol. The lowest BCUT2D eigenvalue weighted by molar-refractivity contribution is 0.287. The normalized spacial score (nSPS) is 20.8. The van der Waals surface area contributed by atoms with Crippen LogP contribution in [0.15, 0.2) is 22.9 Å². The van der Waals surface area contributed by atoms with Crippen LogP contribution < -0.4 is 0 Å². The minimum atomic E-state index is -2.78. The van der Waals surface area contributed by atoms with Crippen LogP contribution in [0, 0.1) is 0 Å². The van der Waals surface area contributed by atoms with Crippen LogP contribution in [0.25, 0.3) is 0 Å². The fourth-order valence-corrected chi connectivity index (χ4v) is 3.40. The van der Waals surface area contributed by atoms with Gasteiger partial charge in [0, 0.05) is 36.5 Å². The molecule has 0 unspecified atom stereocenters. The summed E-state index contributed by atoms with van der Waals surface area (Å²) < 4.78 is 23.5. The largest absolute Gasteiger partial charge is 0.297 e. The Morgan fingerprint density at radius 1 is 1.31 bits per heavy atom. The van der Waals surface area contributed by atoms with Crippen molar-refractivity contribution < 1.29 is 8.42 Å². The maximum Gasteiger partial charge on any atom is 0.152 e. The molecule has 1 aliphatic heterocycles. The predicted molar refractivity (Wildman–Crippen MR) is 65.9 cm³/mol. The zero-order valence-electron chi connectivity index (χ0n) is 8.76. The van der Waals surface area contributed by atoms with Gasteiger partial charge in [-0.05, 0) is 27.6 Å². The molecule has 1 aromatic heterocycles. The zero-order chi connectivity index (χ0) is 11.6. The maximum absolute atomic E-state index is 11.3. The number of rotatable bonds is 2. The van der Waals surface area contributed by atoms with E-state index in [9.17, 15) is 8.42 Å². The van der Waals surface area contributed by atoms with E-state index in [1.165, 1.54) is 0 Å². The molecule has 0 aromatic carbocycles. The third-order valence-electron chi connectivity index (χ3n) is 2.60. The Bertz CT molecular complexity index is 461. The number of aromatic nitrogens is 1. The fourth-order valence-electron chi connectivity index (χ4n) is 1.71. The predicted octanol–water partition coefficient (Wildman–Crippen LogP) is 1.07. The van der Waals surface area contributed by atoms with Crippen LogP contribution in [0.2, 0.25) is 0 Å². The number of hydrogen-bond donors (Lipinski definition) is 0. The van der Waals surface area contributed by atoms with Gasteiger partial charge in [-0.25, -0.2) is 8.42 Å². The van der Waals surface area contributed by atoms with Gasteiger partial charge in [0.25, 0.3) is 0 Å². The van der Waals surface area contributed by atoms with Gasteiger partial charge in [-0.1, -0.05) is 0 Å². The first-order valence-corrected chi connectivity index (χ1v) is 7.69. The van der Waals surface area contributed by atoms with Crippen molar-refractivity contribution in [2.24, 2.45) is 0 Å². The Morgan fingerprint density at radius 2 is 2.00 bits per heavy atom. The van der Waals surface area contributed by atoms with E-state index in [4.69, 9.17) is 0 Å². The van der Waals surface area contributed by atoms with Crippen molar-refractivity contribution >= 4 is 25.8 Å². The molecule has 0 amide bonds. The molecule has 0 N–H and O–H groups in total. The number of halogens is 1. The molecule has 88 valence electrons. The molecule has 1 saturated heterocycles. The highest BCUT2D eigenvalue weighted by Gasteiger charge is 2.21. The molecule has 2 rings (SSSR count). The first-order valence-electron chi connectivity index (χ1n) is 5.07. The van der Waals surface area contributed by atoms with Crippen LogP contribution in [-0.2, 0) is 16.4 Å². The van der Waals surface area contributed by atoms with Crippen molar-refractivity contribution in [3.05, 3.63) is 28.5 Å². The van der Waals surface area contributed by atoms with Crippen LogP contribution >= 0.6 is 15.9 Å². The first-order chi connectivity index (χ1) is 7.55. The van der Waals surface area contributed by atoms with Gasteiger partial charge in [-0.3, -0.25) is 9.88 Å². The Labute approximate surface area is 104 Å². The Morgan fingerprint density at radius 3 is 2.62 bits per heavy atom. The van der Waals surface area contributed by atoms with Crippen molar-refractivity contribution in [2.75, 3.05) is 24.6 Å². The third-order valence-corrected chi connectivity index (χ3v) is 4.65. The minimum Gasteiger partial charge on any atom is -0.297 e. The van der Waals surface area contributed by atoms with Gasteiger partial charge < -0.3 is 0 Å². The van der Waals surface area contributed by atoms with Crippen LogP contribution in [0.1, 0.15) is 5.56 Å². The van der Waals surface area contributed by atoms with Crippen molar-refractivity contribution in [2.45, 2.75) is 6.54 Å². The average Bonchev–Trinajstić information content (AvgIpc) is 2.21. The second-order valence-corrected chi connectivity index (χ2v) is 7.16. The Hall–Kier alpha value is -0.460. The van der Waals surface area contributed by atoms with Gasteiger partial charge in [0.1, 0.15) is 0 Å². The second-order valence-electron chi connectivity index (χ2n) is 3.94. The summed E-state index contributed by atoms with van der Waals surface area (Å²) in [5, 5.41) is 0. The molecule has 0 bridgehead atoms. The van der Waals surface area contributed by atoms with Gasteiger partial charge in [-0.2, -0.15) is 0 Å². The molecule has 1 aromatic rings. The van der Waals surface area contributed by atoms with Crippen LogP contribution in [0.3, 0.4) is 0 Å². The summed E-state index contributed by atoms with van der Waals surface area (Å²) in [6, 6.07) is 2.01. The highest BCUT2D eigenvalue weighted by Crippen LogP contribution is 2.13. The average molecular weight is 305 g/mol. The summed E-state index contributed by atoms with van der Waals surface area (Å²) in [5.41, 5.74) is 1.11. The molecule has 6 heteroatoms. The highest BCUT2D eigenvalue weighted by molar-refractivity contribution is 9.10. The SMILES string of the molecule is O=S1(=O)CCN(Cc2cncc(Br)c2)CC1. The van der Waals surface area contributed by atoms with E-state index in [1.54, 1.807) is 6.20 Å². The molecule has 0 spiro atoms. The van der Waals surface area contributed by atoms with Gasteiger partial charge in [0.15, 0.2) is 9.84 Å². The van der Waals surface area contributed by atoms with E-state index in [2.05, 4.69) is 25.8 Å². The van der Waals surface area contributed by atoms with Crippen molar-refractivity contribution in [1.82, 2.24) is 9.88 Å². The van der Waals surface area contributed by atoms with Crippen molar-refractivity contribution in [1.29, 1.82) is 0 Å². The summed E-state index contributed by atoms with van der Waals surface area (Å²) in [6.07, 6.45) is 3.55. The maximum atomic E-state index is 11.3. The van der Waals surface area contributed by atoms with Crippen LogP contribution in [0.4, 0.5) is 0 Å². The number of hydrogen-bond acceptors (Lipinski definition) is 4. The van der Waals surface area contributed by atoms with E-state index in [1.807, 2.05) is 12.3 Å². The first kappa shape index (κ1) is 12.0. The molecule has 4 nitrogen and oxygen atoms in total. The molecule has 1 fully saturated rings. The molecule has 0 aliphatic carbocycles. The minimum absolute atomic E-state index is 0.272. The zero-order valence-corrected chi connectivity index (χ0v) is 11.2. The molecular weight excluding hydrogens is 292 g/mol. The lowest BCUT2D eigenvalue weighted by Gasteiger charge is -2.26. The molecule has 0 radical (unpaired) electrons. The van der Waals surface area contributed by atoms with E-state index >= 15 is 0 Å². The standard InChI is InChI=1S/C10H13BrN2O2S/c11-10-5-9(6-12-7-10)8-13-1-3-16(14,15)4-2-13/h5-7H,1-4,8H2. The Kier molecular flexibility index (Phi) is 3.61. The van der Waals surface area contributed by atoms with Gasteiger partial charge in [0.05, 0.1) is 11.5 Å². The summed E-state index contributed by atoms with van der Waals surface area (Å²) in [4.78, 5) is 6.23. The van der Waals surface area contributed by atoms with Crippen molar-refractivity contribution in [3.8, 4) is 0 Å². The Balaban J connectivity index is 1.97. The highest BCUT2D eigenvalue weighted by atomic mass is 79.9. The summed E-state index contributed by atoms with van der Waals surface area (Å²) >= 11 is 3.37. The number of nitrogens with zero attached hydrogens (tertiary/aromatic N) is 2. The third kappa shape index (κ3) is 3.26. The lowest BCUT2D eigenvalue weighted by atomic mass is 10.2. The molecule has 2 heterocycles. The molecular formula is C10H13BrN2O2S. The summed E-state index contributed by atoms with van der Waals surface area (Å²) in [7, 11) is -2.78. The summed E-state index contributed by atoms with van der Waals surface area (Å²) in [6.45, 7) is 2.01. The molecule has 0 saturated carbocycles. The number of pyridine rings is 1. The fraction of sp³-hybridized carbons (Fsp3) is 0.500. The smallest absolute Gasteiger partial charge is 0.152 e. The quantitative estimate of drug-likeness (QED) is 0.820. The van der Waals surface area contributed by atoms with Crippen molar-refractivity contribution in [3.63, 3.8) is 0 Å².